The smallest absolute Gasteiger partial charge is 0.0502 e. The molecule has 2 heterocycles. The van der Waals surface area contributed by atoms with Crippen molar-refractivity contribution in [1.29, 1.82) is 0 Å². The second-order valence-corrected chi connectivity index (χ2v) is 7.37. The van der Waals surface area contributed by atoms with Crippen LogP contribution >= 0.6 is 11.6 Å². The Balaban J connectivity index is 1.92. The molecule has 0 amide bonds. The lowest BCUT2D eigenvalue weighted by molar-refractivity contribution is 0.299. The Kier molecular flexibility index (Phi) is 3.74. The molecule has 0 aliphatic rings. The van der Waals surface area contributed by atoms with E-state index in [0.29, 0.717) is 6.42 Å². The van der Waals surface area contributed by atoms with Crippen molar-refractivity contribution in [2.24, 2.45) is 7.05 Å². The lowest BCUT2D eigenvalue weighted by Crippen LogP contribution is -1.92. The molecule has 0 fully saturated rings. The number of rotatable bonds is 3. The van der Waals surface area contributed by atoms with Crippen molar-refractivity contribution in [2.45, 2.75) is 6.42 Å². The fourth-order valence-corrected chi connectivity index (χ4v) is 4.39. The predicted molar refractivity (Wildman–Crippen MR) is 114 cm³/mol. The number of benzene rings is 3. The van der Waals surface area contributed by atoms with E-state index in [1.54, 1.807) is 0 Å². The van der Waals surface area contributed by atoms with Crippen LogP contribution in [0.4, 0.5) is 0 Å². The molecule has 3 nitrogen and oxygen atoms in total. The van der Waals surface area contributed by atoms with E-state index in [1.165, 1.54) is 32.6 Å². The molecule has 2 N–H and O–H groups in total. The first-order chi connectivity index (χ1) is 13.2. The highest BCUT2D eigenvalue weighted by Gasteiger charge is 2.17. The average molecular weight is 375 g/mol. The zero-order chi connectivity index (χ0) is 18.5. The number of halogens is 1. The van der Waals surface area contributed by atoms with Gasteiger partial charge in [0, 0.05) is 63.7 Å². The number of hydrogen-bond donors (Lipinski definition) is 2. The quantitative estimate of drug-likeness (QED) is 0.420. The van der Waals surface area contributed by atoms with Gasteiger partial charge in [0.15, 0.2) is 0 Å². The highest BCUT2D eigenvalue weighted by atomic mass is 35.5. The Morgan fingerprint density at radius 2 is 1.74 bits per heavy atom. The number of aliphatic hydroxyl groups is 1. The van der Waals surface area contributed by atoms with Crippen molar-refractivity contribution in [2.75, 3.05) is 6.61 Å². The number of nitrogens with one attached hydrogen (secondary N) is 1. The van der Waals surface area contributed by atoms with E-state index in [2.05, 4.69) is 53.1 Å². The molecule has 0 atom stereocenters. The van der Waals surface area contributed by atoms with E-state index in [4.69, 9.17) is 11.6 Å². The van der Waals surface area contributed by atoms with E-state index in [0.717, 1.165) is 21.7 Å². The van der Waals surface area contributed by atoms with Gasteiger partial charge in [-0.25, -0.2) is 0 Å². The summed E-state index contributed by atoms with van der Waals surface area (Å²) in [6, 6.07) is 16.7. The number of aromatic nitrogens is 2. The van der Waals surface area contributed by atoms with Crippen molar-refractivity contribution < 1.29 is 5.11 Å². The minimum absolute atomic E-state index is 0.161. The fourth-order valence-electron chi connectivity index (χ4n) is 4.15. The second kappa shape index (κ2) is 6.15. The predicted octanol–water partition coefficient (Wildman–Crippen LogP) is 5.67. The Bertz CT molecular complexity index is 1310. The minimum atomic E-state index is 0.161. The summed E-state index contributed by atoms with van der Waals surface area (Å²) in [6.45, 7) is 0.161. The molecular weight excluding hydrogens is 356 g/mol. The molecule has 5 rings (SSSR count). The Morgan fingerprint density at radius 1 is 0.926 bits per heavy atom. The summed E-state index contributed by atoms with van der Waals surface area (Å²) in [6.07, 6.45) is 4.79. The van der Waals surface area contributed by atoms with Crippen LogP contribution in [0.25, 0.3) is 43.7 Å². The van der Waals surface area contributed by atoms with Crippen LogP contribution in [-0.2, 0) is 13.5 Å². The topological polar surface area (TPSA) is 41.0 Å². The molecule has 0 radical (unpaired) electrons. The van der Waals surface area contributed by atoms with Gasteiger partial charge in [0.05, 0.1) is 5.52 Å². The number of nitrogens with zero attached hydrogens (tertiary/aromatic N) is 1. The Labute approximate surface area is 161 Å². The third-order valence-corrected chi connectivity index (χ3v) is 5.79. The van der Waals surface area contributed by atoms with E-state index < -0.39 is 0 Å². The third kappa shape index (κ3) is 2.39. The summed E-state index contributed by atoms with van der Waals surface area (Å²) in [5, 5.41) is 14.9. The Morgan fingerprint density at radius 3 is 2.56 bits per heavy atom. The lowest BCUT2D eigenvalue weighted by Gasteiger charge is -2.08. The van der Waals surface area contributed by atoms with Crippen molar-refractivity contribution in [3.8, 4) is 11.1 Å². The molecule has 0 aliphatic heterocycles. The number of hydrogen-bond acceptors (Lipinski definition) is 1. The van der Waals surface area contributed by atoms with Gasteiger partial charge >= 0.3 is 0 Å². The van der Waals surface area contributed by atoms with E-state index >= 15 is 0 Å². The van der Waals surface area contributed by atoms with Gasteiger partial charge in [-0.15, -0.1) is 0 Å². The number of aromatic amines is 1. The van der Waals surface area contributed by atoms with E-state index in [1.807, 2.05) is 24.4 Å². The number of H-pyrrole nitrogens is 1. The van der Waals surface area contributed by atoms with Gasteiger partial charge in [-0.1, -0.05) is 41.9 Å². The van der Waals surface area contributed by atoms with Crippen LogP contribution < -0.4 is 0 Å². The molecule has 0 saturated heterocycles. The zero-order valence-corrected chi connectivity index (χ0v) is 15.7. The molecule has 134 valence electrons. The van der Waals surface area contributed by atoms with E-state index in [-0.39, 0.29) is 6.61 Å². The summed E-state index contributed by atoms with van der Waals surface area (Å²) >= 11 is 6.51. The largest absolute Gasteiger partial charge is 0.396 e. The van der Waals surface area contributed by atoms with Crippen LogP contribution in [0.2, 0.25) is 5.02 Å². The fraction of sp³-hybridized carbons (Fsp3) is 0.130. The molecule has 0 spiro atoms. The van der Waals surface area contributed by atoms with Gasteiger partial charge in [-0.05, 0) is 35.7 Å². The summed E-state index contributed by atoms with van der Waals surface area (Å²) in [7, 11) is 2.10. The molecule has 2 aromatic heterocycles. The van der Waals surface area contributed by atoms with Gasteiger partial charge in [-0.3, -0.25) is 0 Å². The van der Waals surface area contributed by atoms with E-state index in [9.17, 15) is 5.11 Å². The van der Waals surface area contributed by atoms with Gasteiger partial charge in [0.25, 0.3) is 0 Å². The molecule has 0 unspecified atom stereocenters. The average Bonchev–Trinajstić information content (AvgIpc) is 3.26. The third-order valence-electron chi connectivity index (χ3n) is 5.46. The minimum Gasteiger partial charge on any atom is -0.396 e. The van der Waals surface area contributed by atoms with Crippen molar-refractivity contribution in [3.63, 3.8) is 0 Å². The van der Waals surface area contributed by atoms with Crippen molar-refractivity contribution in [1.82, 2.24) is 9.55 Å². The van der Waals surface area contributed by atoms with Crippen LogP contribution in [0.15, 0.2) is 60.9 Å². The van der Waals surface area contributed by atoms with Crippen molar-refractivity contribution in [3.05, 3.63) is 71.5 Å². The van der Waals surface area contributed by atoms with Crippen molar-refractivity contribution >= 4 is 44.2 Å². The molecule has 27 heavy (non-hydrogen) atoms. The molecular formula is C23H19ClN2O. The van der Waals surface area contributed by atoms with Gasteiger partial charge in [0.2, 0.25) is 0 Å². The first-order valence-corrected chi connectivity index (χ1v) is 9.43. The highest BCUT2D eigenvalue weighted by molar-refractivity contribution is 6.34. The standard InChI is InChI=1S/C23H19ClN2O/c1-26-21-10-14(8-9-27)6-7-16(21)23-19-13-25-12-18(19)17(11-22(23)26)15-4-2-3-5-20(15)24/h2-7,10-13,25,27H,8-9H2,1H3. The first kappa shape index (κ1) is 16.4. The monoisotopic (exact) mass is 374 g/mol. The maximum Gasteiger partial charge on any atom is 0.0502 e. The summed E-state index contributed by atoms with van der Waals surface area (Å²) in [5.41, 5.74) is 5.67. The number of aliphatic hydroxyl groups excluding tert-OH is 1. The number of fused-ring (bicyclic) bond motifs is 5. The normalized spacial score (nSPS) is 11.8. The molecule has 0 aliphatic carbocycles. The van der Waals surface area contributed by atoms with Gasteiger partial charge < -0.3 is 14.7 Å². The highest BCUT2D eigenvalue weighted by Crippen LogP contribution is 2.41. The number of aryl methyl sites for hydroxylation is 1. The first-order valence-electron chi connectivity index (χ1n) is 9.05. The maximum absolute atomic E-state index is 9.28. The van der Waals surface area contributed by atoms with Crippen LogP contribution in [0.3, 0.4) is 0 Å². The van der Waals surface area contributed by atoms with Crippen LogP contribution in [0.1, 0.15) is 5.56 Å². The molecule has 3 aromatic carbocycles. The van der Waals surface area contributed by atoms with Gasteiger partial charge in [-0.2, -0.15) is 0 Å². The summed E-state index contributed by atoms with van der Waals surface area (Å²) in [4.78, 5) is 3.28. The zero-order valence-electron chi connectivity index (χ0n) is 15.0. The van der Waals surface area contributed by atoms with Crippen LogP contribution in [0, 0.1) is 0 Å². The molecule has 5 aromatic rings. The lowest BCUT2D eigenvalue weighted by atomic mass is 9.97. The maximum atomic E-state index is 9.28. The molecule has 4 heteroatoms. The SMILES string of the molecule is Cn1c2cc(CCO)ccc2c2c3c[nH]cc3c(-c3ccccc3Cl)cc21. The van der Waals surface area contributed by atoms with Crippen LogP contribution in [0.5, 0.6) is 0 Å². The molecule has 0 bridgehead atoms. The Hall–Kier alpha value is -2.75. The molecule has 0 saturated carbocycles. The second-order valence-electron chi connectivity index (χ2n) is 6.96. The van der Waals surface area contributed by atoms with Crippen LogP contribution in [-0.4, -0.2) is 21.3 Å². The summed E-state index contributed by atoms with van der Waals surface area (Å²) in [5.74, 6) is 0. The summed E-state index contributed by atoms with van der Waals surface area (Å²) < 4.78 is 2.23. The van der Waals surface area contributed by atoms with Gasteiger partial charge in [0.1, 0.15) is 0 Å².